The molecule has 0 aromatic carbocycles. The minimum absolute atomic E-state index is 0.160. The van der Waals surface area contributed by atoms with E-state index in [1.807, 2.05) is 45.7 Å². The Bertz CT molecular complexity index is 561. The first kappa shape index (κ1) is 12.4. The van der Waals surface area contributed by atoms with Crippen molar-refractivity contribution in [1.82, 2.24) is 14.7 Å². The maximum atomic E-state index is 12.4. The summed E-state index contributed by atoms with van der Waals surface area (Å²) in [6, 6.07) is 2.17. The van der Waals surface area contributed by atoms with E-state index < -0.39 is 0 Å². The molecule has 1 amide bonds. The maximum absolute atomic E-state index is 12.4. The molecule has 3 rings (SSSR count). The number of rotatable bonds is 3. The molecule has 0 aliphatic carbocycles. The van der Waals surface area contributed by atoms with Crippen LogP contribution >= 0.6 is 11.3 Å². The summed E-state index contributed by atoms with van der Waals surface area (Å²) >= 11 is 1.57. The van der Waals surface area contributed by atoms with E-state index in [0.717, 1.165) is 37.1 Å². The molecule has 19 heavy (non-hydrogen) atoms. The van der Waals surface area contributed by atoms with Gasteiger partial charge in [0.05, 0.1) is 24.3 Å². The summed E-state index contributed by atoms with van der Waals surface area (Å²) in [4.78, 5) is 14.4. The van der Waals surface area contributed by atoms with Gasteiger partial charge in [0.1, 0.15) is 0 Å². The van der Waals surface area contributed by atoms with Crippen LogP contribution in [-0.2, 0) is 6.54 Å². The first-order chi connectivity index (χ1) is 9.24. The second-order valence-electron chi connectivity index (χ2n) is 5.05. The third-order valence-corrected chi connectivity index (χ3v) is 4.25. The van der Waals surface area contributed by atoms with E-state index in [9.17, 15) is 4.79 Å². The van der Waals surface area contributed by atoms with Gasteiger partial charge in [-0.2, -0.15) is 16.4 Å². The van der Waals surface area contributed by atoms with Gasteiger partial charge in [-0.1, -0.05) is 0 Å². The van der Waals surface area contributed by atoms with Crippen LogP contribution in [0.4, 0.5) is 0 Å². The minimum atomic E-state index is 0.160. The van der Waals surface area contributed by atoms with E-state index in [2.05, 4.69) is 5.10 Å². The van der Waals surface area contributed by atoms with Gasteiger partial charge in [0.2, 0.25) is 0 Å². The molecule has 4 nitrogen and oxygen atoms in total. The van der Waals surface area contributed by atoms with Crippen molar-refractivity contribution >= 4 is 17.2 Å². The fourth-order valence-electron chi connectivity index (χ4n) is 2.63. The fraction of sp³-hybridized carbons (Fsp3) is 0.429. The van der Waals surface area contributed by atoms with Gasteiger partial charge in [0, 0.05) is 18.1 Å². The Morgan fingerprint density at radius 1 is 1.58 bits per heavy atom. The zero-order chi connectivity index (χ0) is 13.2. The van der Waals surface area contributed by atoms with Gasteiger partial charge in [0.25, 0.3) is 5.91 Å². The molecule has 0 N–H and O–H groups in total. The number of carbonyl (C=O) groups excluding carboxylic acids is 1. The van der Waals surface area contributed by atoms with Crippen LogP contribution in [0.5, 0.6) is 0 Å². The number of carbonyl (C=O) groups is 1. The maximum Gasteiger partial charge on any atom is 0.255 e. The lowest BCUT2D eigenvalue weighted by atomic mass is 10.2. The molecule has 0 bridgehead atoms. The topological polar surface area (TPSA) is 38.1 Å². The Labute approximate surface area is 116 Å². The van der Waals surface area contributed by atoms with E-state index in [0.29, 0.717) is 0 Å². The van der Waals surface area contributed by atoms with Gasteiger partial charge >= 0.3 is 0 Å². The van der Waals surface area contributed by atoms with Crippen LogP contribution in [0.25, 0.3) is 0 Å². The average Bonchev–Trinajstić information content (AvgIpc) is 3.10. The smallest absolute Gasteiger partial charge is 0.255 e. The molecule has 0 saturated carbocycles. The van der Waals surface area contributed by atoms with Crippen molar-refractivity contribution < 1.29 is 4.79 Å². The highest BCUT2D eigenvalue weighted by atomic mass is 32.1. The van der Waals surface area contributed by atoms with Gasteiger partial charge in [-0.05, 0) is 36.8 Å². The van der Waals surface area contributed by atoms with Crippen molar-refractivity contribution in [1.29, 1.82) is 0 Å². The highest BCUT2D eigenvalue weighted by molar-refractivity contribution is 7.08. The summed E-state index contributed by atoms with van der Waals surface area (Å²) in [7, 11) is 0. The number of aryl methyl sites for hydroxylation is 1. The molecule has 100 valence electrons. The SMILES string of the molecule is Cc1cnn(C[C@H]2CCCN2C(=O)c2ccsc2)c1. The van der Waals surface area contributed by atoms with Gasteiger partial charge in [0.15, 0.2) is 0 Å². The molecule has 1 aliphatic rings. The third-order valence-electron chi connectivity index (χ3n) is 3.57. The molecular formula is C14H17N3OS. The summed E-state index contributed by atoms with van der Waals surface area (Å²) in [5.41, 5.74) is 1.97. The Hall–Kier alpha value is -1.62. The molecule has 5 heteroatoms. The number of aromatic nitrogens is 2. The van der Waals surface area contributed by atoms with Gasteiger partial charge in [-0.3, -0.25) is 9.48 Å². The lowest BCUT2D eigenvalue weighted by Gasteiger charge is -2.24. The second kappa shape index (κ2) is 5.17. The number of hydrogen-bond acceptors (Lipinski definition) is 3. The Balaban J connectivity index is 1.73. The average molecular weight is 275 g/mol. The molecule has 2 aromatic heterocycles. The predicted molar refractivity (Wildman–Crippen MR) is 75.3 cm³/mol. The summed E-state index contributed by atoms with van der Waals surface area (Å²) in [6.07, 6.45) is 6.04. The molecule has 0 unspecified atom stereocenters. The zero-order valence-corrected chi connectivity index (χ0v) is 11.8. The van der Waals surface area contributed by atoms with Crippen molar-refractivity contribution in [2.45, 2.75) is 32.4 Å². The molecule has 1 atom stereocenters. The third kappa shape index (κ3) is 2.56. The second-order valence-corrected chi connectivity index (χ2v) is 5.83. The number of likely N-dealkylation sites (tertiary alicyclic amines) is 1. The van der Waals surface area contributed by atoms with Crippen LogP contribution in [0.3, 0.4) is 0 Å². The van der Waals surface area contributed by atoms with Crippen LogP contribution in [0, 0.1) is 6.92 Å². The van der Waals surface area contributed by atoms with E-state index in [4.69, 9.17) is 0 Å². The van der Waals surface area contributed by atoms with Crippen LogP contribution < -0.4 is 0 Å². The molecular weight excluding hydrogens is 258 g/mol. The van der Waals surface area contributed by atoms with Gasteiger partial charge in [-0.25, -0.2) is 0 Å². The van der Waals surface area contributed by atoms with Crippen molar-refractivity contribution in [3.8, 4) is 0 Å². The molecule has 1 aliphatic heterocycles. The minimum Gasteiger partial charge on any atom is -0.334 e. The largest absolute Gasteiger partial charge is 0.334 e. The van der Waals surface area contributed by atoms with Crippen molar-refractivity contribution in [3.05, 3.63) is 40.3 Å². The van der Waals surface area contributed by atoms with Crippen molar-refractivity contribution in [2.24, 2.45) is 0 Å². The number of thiophene rings is 1. The highest BCUT2D eigenvalue weighted by Crippen LogP contribution is 2.22. The molecule has 0 radical (unpaired) electrons. The van der Waals surface area contributed by atoms with Crippen LogP contribution in [-0.4, -0.2) is 33.2 Å². The summed E-state index contributed by atoms with van der Waals surface area (Å²) in [5.74, 6) is 0.160. The summed E-state index contributed by atoms with van der Waals surface area (Å²) in [6.45, 7) is 3.69. The normalized spacial score (nSPS) is 19.0. The lowest BCUT2D eigenvalue weighted by Crippen LogP contribution is -2.38. The standard InChI is InChI=1S/C14H17N3OS/c1-11-7-15-16(8-11)9-13-3-2-5-17(13)14(18)12-4-6-19-10-12/h4,6-8,10,13H,2-3,5,9H2,1H3/t13-/m1/s1. The fourth-order valence-corrected chi connectivity index (χ4v) is 3.26. The first-order valence-corrected chi connectivity index (χ1v) is 7.50. The lowest BCUT2D eigenvalue weighted by molar-refractivity contribution is 0.0722. The quantitative estimate of drug-likeness (QED) is 0.863. The number of nitrogens with zero attached hydrogens (tertiary/aromatic N) is 3. The van der Waals surface area contributed by atoms with Gasteiger partial charge < -0.3 is 4.90 Å². The summed E-state index contributed by atoms with van der Waals surface area (Å²) in [5, 5.41) is 8.20. The van der Waals surface area contributed by atoms with Crippen molar-refractivity contribution in [3.63, 3.8) is 0 Å². The van der Waals surface area contributed by atoms with E-state index in [-0.39, 0.29) is 11.9 Å². The number of hydrogen-bond donors (Lipinski definition) is 0. The van der Waals surface area contributed by atoms with Gasteiger partial charge in [-0.15, -0.1) is 0 Å². The summed E-state index contributed by atoms with van der Waals surface area (Å²) < 4.78 is 1.94. The predicted octanol–water partition coefficient (Wildman–Crippen LogP) is 2.56. The molecule has 2 aromatic rings. The zero-order valence-electron chi connectivity index (χ0n) is 11.0. The Kier molecular flexibility index (Phi) is 3.38. The van der Waals surface area contributed by atoms with Crippen molar-refractivity contribution in [2.75, 3.05) is 6.54 Å². The van der Waals surface area contributed by atoms with Crippen LogP contribution in [0.1, 0.15) is 28.8 Å². The van der Waals surface area contributed by atoms with E-state index in [1.165, 1.54) is 0 Å². The monoisotopic (exact) mass is 275 g/mol. The van der Waals surface area contributed by atoms with Crippen LogP contribution in [0.15, 0.2) is 29.2 Å². The molecule has 0 spiro atoms. The van der Waals surface area contributed by atoms with Crippen LogP contribution in [0.2, 0.25) is 0 Å². The molecule has 1 saturated heterocycles. The Morgan fingerprint density at radius 2 is 2.47 bits per heavy atom. The first-order valence-electron chi connectivity index (χ1n) is 6.56. The van der Waals surface area contributed by atoms with E-state index >= 15 is 0 Å². The Morgan fingerprint density at radius 3 is 3.16 bits per heavy atom. The van der Waals surface area contributed by atoms with E-state index in [1.54, 1.807) is 11.3 Å². The molecule has 1 fully saturated rings. The highest BCUT2D eigenvalue weighted by Gasteiger charge is 2.29. The molecule has 3 heterocycles. The number of amides is 1.